The molecule has 160 valence electrons. The molecule has 0 aliphatic rings. The van der Waals surface area contributed by atoms with Gasteiger partial charge in [-0.15, -0.1) is 0 Å². The number of hydrogen-bond acceptors (Lipinski definition) is 3. The number of hydrogen-bond donors (Lipinski definition) is 2. The molecule has 0 saturated heterocycles. The maximum Gasteiger partial charge on any atom is 2.00 e. The van der Waals surface area contributed by atoms with Crippen molar-refractivity contribution in [1.82, 2.24) is 5.32 Å². The molecule has 0 spiro atoms. The molecule has 4 heteroatoms. The van der Waals surface area contributed by atoms with E-state index in [1.165, 1.54) is 64.2 Å². The van der Waals surface area contributed by atoms with Gasteiger partial charge in [0.1, 0.15) is 0 Å². The third kappa shape index (κ3) is 31.6. The van der Waals surface area contributed by atoms with E-state index in [9.17, 15) is 4.79 Å². The molecule has 3 nitrogen and oxygen atoms in total. The third-order valence-electron chi connectivity index (χ3n) is 4.76. The van der Waals surface area contributed by atoms with Crippen molar-refractivity contribution in [1.29, 1.82) is 0 Å². The average molecular weight is 608 g/mol. The zero-order chi connectivity index (χ0) is 19.7. The summed E-state index contributed by atoms with van der Waals surface area (Å²) in [7, 11) is 0. The van der Waals surface area contributed by atoms with Crippen LogP contribution in [0.25, 0.3) is 0 Å². The zero-order valence-electron chi connectivity index (χ0n) is 18.4. The molecular formula is C23H47NO2U. The van der Waals surface area contributed by atoms with E-state index in [0.717, 1.165) is 38.1 Å². The summed E-state index contributed by atoms with van der Waals surface area (Å²) in [5.41, 5.74) is 0. The van der Waals surface area contributed by atoms with Crippen LogP contribution in [0.5, 0.6) is 0 Å². The van der Waals surface area contributed by atoms with Crippen LogP contribution in [0.4, 0.5) is 0 Å². The van der Waals surface area contributed by atoms with Gasteiger partial charge in [-0.3, -0.25) is 6.29 Å². The van der Waals surface area contributed by atoms with E-state index in [0.29, 0.717) is 13.0 Å². The largest absolute Gasteiger partial charge is 2.00 e. The van der Waals surface area contributed by atoms with Crippen molar-refractivity contribution in [3.8, 4) is 0 Å². The second-order valence-corrected chi connectivity index (χ2v) is 7.28. The number of carbonyl (C=O) groups excluding carboxylic acids is 1. The summed E-state index contributed by atoms with van der Waals surface area (Å²) in [6.07, 6.45) is 20.5. The second kappa shape index (κ2) is 31.3. The first-order valence-electron chi connectivity index (χ1n) is 11.2. The summed E-state index contributed by atoms with van der Waals surface area (Å²) >= 11 is 0. The summed E-state index contributed by atoms with van der Waals surface area (Å²) in [6, 6.07) is 0. The molecule has 2 N–H and O–H groups in total. The number of unbranched alkanes of at least 4 members (excludes halogenated alkanes) is 9. The summed E-state index contributed by atoms with van der Waals surface area (Å²) < 4.78 is 0. The van der Waals surface area contributed by atoms with Crippen molar-refractivity contribution in [3.63, 3.8) is 0 Å². The summed E-state index contributed by atoms with van der Waals surface area (Å²) in [5.74, 6) is 0.915. The first-order chi connectivity index (χ1) is 12.8. The second-order valence-electron chi connectivity index (χ2n) is 7.28. The minimum Gasteiger partial charge on any atom is -0.542 e. The Balaban J connectivity index is -0.000000411. The molecule has 0 heterocycles. The van der Waals surface area contributed by atoms with Crippen LogP contribution in [0.15, 0.2) is 0 Å². The first kappa shape index (κ1) is 32.3. The van der Waals surface area contributed by atoms with E-state index >= 15 is 0 Å². The summed E-state index contributed by atoms with van der Waals surface area (Å²) in [4.78, 5) is 9.85. The predicted molar refractivity (Wildman–Crippen MR) is 115 cm³/mol. The maximum atomic E-state index is 9.85. The Morgan fingerprint density at radius 3 is 1.89 bits per heavy atom. The van der Waals surface area contributed by atoms with Gasteiger partial charge in [0, 0.05) is 6.54 Å². The van der Waals surface area contributed by atoms with Crippen molar-refractivity contribution >= 4 is 6.29 Å². The van der Waals surface area contributed by atoms with E-state index in [1.54, 1.807) is 0 Å². The van der Waals surface area contributed by atoms with E-state index in [1.807, 2.05) is 6.29 Å². The van der Waals surface area contributed by atoms with Crippen molar-refractivity contribution in [2.45, 2.75) is 110 Å². The fourth-order valence-corrected chi connectivity index (χ4v) is 2.98. The van der Waals surface area contributed by atoms with Gasteiger partial charge in [0.25, 0.3) is 0 Å². The molecule has 0 bridgehead atoms. The minimum absolute atomic E-state index is 0. The van der Waals surface area contributed by atoms with Crippen LogP contribution in [0.3, 0.4) is 0 Å². The van der Waals surface area contributed by atoms with Gasteiger partial charge in [-0.2, -0.15) is 12.8 Å². The Morgan fingerprint density at radius 1 is 0.852 bits per heavy atom. The van der Waals surface area contributed by atoms with Gasteiger partial charge in [-0.05, 0) is 13.0 Å². The fourth-order valence-electron chi connectivity index (χ4n) is 2.98. The van der Waals surface area contributed by atoms with Gasteiger partial charge >= 0.3 is 31.1 Å². The Hall–Kier alpha value is 0.642. The minimum atomic E-state index is 0. The fraction of sp³-hybridized carbons (Fsp3) is 0.913. The van der Waals surface area contributed by atoms with Gasteiger partial charge in [0.2, 0.25) is 0 Å². The Kier molecular flexibility index (Phi) is 37.5. The quantitative estimate of drug-likeness (QED) is 0.140. The van der Waals surface area contributed by atoms with Crippen LogP contribution in [0.1, 0.15) is 110 Å². The first-order valence-corrected chi connectivity index (χ1v) is 11.2. The smallest absolute Gasteiger partial charge is 0.542 e. The van der Waals surface area contributed by atoms with E-state index < -0.39 is 0 Å². The molecule has 0 fully saturated rings. The van der Waals surface area contributed by atoms with Crippen molar-refractivity contribution in [2.24, 2.45) is 5.92 Å². The van der Waals surface area contributed by atoms with Crippen LogP contribution < -0.4 is 5.32 Å². The number of aliphatic hydroxyl groups is 1. The molecule has 0 aromatic heterocycles. The molecule has 0 rings (SSSR count). The Bertz CT molecular complexity index is 243. The molecular weight excluding hydrogens is 560 g/mol. The molecule has 0 aromatic rings. The summed E-state index contributed by atoms with van der Waals surface area (Å²) in [5, 5.41) is 11.6. The molecule has 0 radical (unpaired) electrons. The Labute approximate surface area is 194 Å². The van der Waals surface area contributed by atoms with Crippen molar-refractivity contribution in [3.05, 3.63) is 6.92 Å². The monoisotopic (exact) mass is 607 g/mol. The van der Waals surface area contributed by atoms with Gasteiger partial charge < -0.3 is 22.1 Å². The van der Waals surface area contributed by atoms with Crippen molar-refractivity contribution in [2.75, 3.05) is 19.7 Å². The van der Waals surface area contributed by atoms with Crippen LogP contribution in [-0.2, 0) is 4.79 Å². The van der Waals surface area contributed by atoms with E-state index in [-0.39, 0.29) is 37.7 Å². The van der Waals surface area contributed by atoms with Gasteiger partial charge in [0.05, 0.1) is 6.61 Å². The molecule has 0 aliphatic carbocycles. The van der Waals surface area contributed by atoms with Gasteiger partial charge in [-0.1, -0.05) is 96.8 Å². The average Bonchev–Trinajstić information content (AvgIpc) is 2.66. The van der Waals surface area contributed by atoms with Crippen LogP contribution in [-0.4, -0.2) is 31.1 Å². The molecule has 27 heavy (non-hydrogen) atoms. The summed E-state index contributed by atoms with van der Waals surface area (Å²) in [6.45, 7) is 10.5. The number of rotatable bonds is 19. The van der Waals surface area contributed by atoms with E-state index in [4.69, 9.17) is 5.11 Å². The number of nitrogens with one attached hydrogen (secondary N) is 1. The topological polar surface area (TPSA) is 49.3 Å². The van der Waals surface area contributed by atoms with Crippen LogP contribution in [0, 0.1) is 44.0 Å². The molecule has 0 atom stereocenters. The maximum absolute atomic E-state index is 9.85. The van der Waals surface area contributed by atoms with E-state index in [2.05, 4.69) is 26.1 Å². The standard InChI is InChI=1S/C13H27.C10H20NO2.U/c1-4-7-9-11-13(6-3)12-10-8-5-2;12-9-6-4-2-1-3-5-7-11-8-10-13;/h13H,3-12H2,1-2H3;11,13H,1-8,10H2;/q2*-1;+2. The molecule has 0 saturated carbocycles. The SMILES string of the molecule is O=[C-]CCCCCCCNCCO.[CH2-]CC(CCCCC)CCCCC.[U+2]. The van der Waals surface area contributed by atoms with Gasteiger partial charge in [-0.25, -0.2) is 0 Å². The molecule has 0 unspecified atom stereocenters. The molecule has 0 aliphatic heterocycles. The van der Waals surface area contributed by atoms with Crippen molar-refractivity contribution < 1.29 is 41.0 Å². The third-order valence-corrected chi connectivity index (χ3v) is 4.76. The number of aliphatic hydroxyl groups excluding tert-OH is 1. The predicted octanol–water partition coefficient (Wildman–Crippen LogP) is 6.01. The van der Waals surface area contributed by atoms with Crippen LogP contribution >= 0.6 is 0 Å². The molecule has 0 aromatic carbocycles. The zero-order valence-corrected chi connectivity index (χ0v) is 22.5. The van der Waals surface area contributed by atoms with Crippen LogP contribution in [0.2, 0.25) is 0 Å². The Morgan fingerprint density at radius 2 is 1.41 bits per heavy atom. The van der Waals surface area contributed by atoms with Gasteiger partial charge in [0.15, 0.2) is 0 Å². The molecule has 0 amide bonds. The normalized spacial score (nSPS) is 10.3.